The van der Waals surface area contributed by atoms with E-state index in [1.165, 1.54) is 7.11 Å². The second-order valence-corrected chi connectivity index (χ2v) is 6.65. The lowest BCUT2D eigenvalue weighted by molar-refractivity contribution is -0.113. The molecule has 0 radical (unpaired) electrons. The van der Waals surface area contributed by atoms with Crippen molar-refractivity contribution in [3.05, 3.63) is 58.8 Å². The quantitative estimate of drug-likeness (QED) is 0.630. The van der Waals surface area contributed by atoms with Gasteiger partial charge in [-0.3, -0.25) is 9.79 Å². The van der Waals surface area contributed by atoms with E-state index in [0.717, 1.165) is 29.0 Å². The summed E-state index contributed by atoms with van der Waals surface area (Å²) in [6.45, 7) is 7.96. The van der Waals surface area contributed by atoms with E-state index in [9.17, 15) is 9.59 Å². The Morgan fingerprint density at radius 1 is 1.29 bits per heavy atom. The molecule has 0 fully saturated rings. The molecule has 0 saturated carbocycles. The van der Waals surface area contributed by atoms with E-state index < -0.39 is 5.41 Å². The first-order chi connectivity index (χ1) is 11.4. The van der Waals surface area contributed by atoms with Crippen molar-refractivity contribution in [1.29, 1.82) is 0 Å². The van der Waals surface area contributed by atoms with Crippen molar-refractivity contribution < 1.29 is 14.3 Å². The minimum atomic E-state index is -0.414. The average Bonchev–Trinajstić information content (AvgIpc) is 2.82. The summed E-state index contributed by atoms with van der Waals surface area (Å²) in [5.74, 6) is -0.305. The molecule has 0 saturated heterocycles. The number of ether oxygens (including phenoxy) is 1. The molecule has 2 aliphatic rings. The Hall–Kier alpha value is -2.49. The molecule has 1 aromatic rings. The van der Waals surface area contributed by atoms with Gasteiger partial charge in [0.25, 0.3) is 0 Å². The van der Waals surface area contributed by atoms with Gasteiger partial charge in [0.05, 0.1) is 12.7 Å². The van der Waals surface area contributed by atoms with E-state index in [0.29, 0.717) is 24.0 Å². The highest BCUT2D eigenvalue weighted by atomic mass is 16.5. The van der Waals surface area contributed by atoms with Crippen molar-refractivity contribution >= 4 is 17.5 Å². The van der Waals surface area contributed by atoms with E-state index in [2.05, 4.69) is 18.5 Å². The van der Waals surface area contributed by atoms with Gasteiger partial charge in [-0.05, 0) is 56.4 Å². The molecule has 4 heteroatoms. The number of allylic oxidation sites excluding steroid dienone is 3. The molecule has 1 unspecified atom stereocenters. The third kappa shape index (κ3) is 2.52. The second-order valence-electron chi connectivity index (χ2n) is 6.65. The van der Waals surface area contributed by atoms with Crippen molar-refractivity contribution in [2.75, 3.05) is 7.11 Å². The molecule has 0 N–H and O–H groups in total. The Balaban J connectivity index is 1.92. The number of Topliss-reactive ketones (excluding diaryl/α,β-unsaturated/α-hetero) is 1. The van der Waals surface area contributed by atoms with Crippen LogP contribution in [0.2, 0.25) is 0 Å². The van der Waals surface area contributed by atoms with Crippen LogP contribution in [0, 0.1) is 5.41 Å². The highest BCUT2D eigenvalue weighted by molar-refractivity contribution is 6.16. The molecule has 1 aliphatic heterocycles. The molecule has 4 nitrogen and oxygen atoms in total. The zero-order valence-electron chi connectivity index (χ0n) is 14.3. The van der Waals surface area contributed by atoms with Crippen molar-refractivity contribution in [3.8, 4) is 0 Å². The number of carbonyl (C=O) groups excluding carboxylic acids is 2. The fourth-order valence-electron chi connectivity index (χ4n) is 3.50. The first kappa shape index (κ1) is 16.4. The maximum Gasteiger partial charge on any atom is 0.337 e. The Labute approximate surface area is 141 Å². The zero-order valence-corrected chi connectivity index (χ0v) is 14.3. The molecule has 0 aromatic heterocycles. The van der Waals surface area contributed by atoms with Crippen LogP contribution in [0.1, 0.15) is 42.6 Å². The molecule has 0 spiro atoms. The predicted molar refractivity (Wildman–Crippen MR) is 93.1 cm³/mol. The molecule has 1 heterocycles. The topological polar surface area (TPSA) is 55.7 Å². The SMILES string of the molecule is C=C1CCC2=C(C1=O)C(C)(Cc1ccc(C(=O)OC)cc1)C(C)=N2. The Kier molecular flexibility index (Phi) is 3.99. The Morgan fingerprint density at radius 2 is 1.96 bits per heavy atom. The standard InChI is InChI=1S/C20H21NO3/c1-12-5-10-16-17(18(12)22)20(3,13(2)21-16)11-14-6-8-15(9-7-14)19(23)24-4/h6-9H,1,5,10-11H2,2-4H3. The number of carbonyl (C=O) groups is 2. The number of rotatable bonds is 3. The van der Waals surface area contributed by atoms with Gasteiger partial charge < -0.3 is 4.74 Å². The van der Waals surface area contributed by atoms with Gasteiger partial charge in [0, 0.05) is 22.4 Å². The number of ketones is 1. The molecular weight excluding hydrogens is 302 g/mol. The molecule has 1 atom stereocenters. The Morgan fingerprint density at radius 3 is 2.58 bits per heavy atom. The molecule has 1 aromatic carbocycles. The van der Waals surface area contributed by atoms with Gasteiger partial charge in [0.15, 0.2) is 5.78 Å². The van der Waals surface area contributed by atoms with Crippen molar-refractivity contribution in [2.24, 2.45) is 10.4 Å². The highest BCUT2D eigenvalue weighted by Gasteiger charge is 2.44. The van der Waals surface area contributed by atoms with E-state index in [1.807, 2.05) is 19.1 Å². The summed E-state index contributed by atoms with van der Waals surface area (Å²) in [4.78, 5) is 28.9. The van der Waals surface area contributed by atoms with Gasteiger partial charge in [-0.15, -0.1) is 0 Å². The number of benzene rings is 1. The summed E-state index contributed by atoms with van der Waals surface area (Å²) in [5.41, 5.74) is 4.51. The fourth-order valence-corrected chi connectivity index (χ4v) is 3.50. The summed E-state index contributed by atoms with van der Waals surface area (Å²) >= 11 is 0. The summed E-state index contributed by atoms with van der Waals surface area (Å²) in [6, 6.07) is 7.32. The lowest BCUT2D eigenvalue weighted by Gasteiger charge is -2.30. The molecule has 1 aliphatic carbocycles. The molecule has 0 amide bonds. The molecule has 0 bridgehead atoms. The minimum absolute atomic E-state index is 0.0468. The summed E-state index contributed by atoms with van der Waals surface area (Å²) in [5, 5.41) is 0. The van der Waals surface area contributed by atoms with Gasteiger partial charge in [0.2, 0.25) is 0 Å². The zero-order chi connectivity index (χ0) is 17.5. The monoisotopic (exact) mass is 323 g/mol. The van der Waals surface area contributed by atoms with Gasteiger partial charge in [0.1, 0.15) is 0 Å². The number of hydrogen-bond donors (Lipinski definition) is 0. The maximum absolute atomic E-state index is 12.6. The van der Waals surface area contributed by atoms with Crippen LogP contribution in [-0.4, -0.2) is 24.6 Å². The van der Waals surface area contributed by atoms with Gasteiger partial charge in [-0.1, -0.05) is 18.7 Å². The fraction of sp³-hybridized carbons (Fsp3) is 0.350. The highest BCUT2D eigenvalue weighted by Crippen LogP contribution is 2.45. The van der Waals surface area contributed by atoms with Crippen LogP contribution >= 0.6 is 0 Å². The van der Waals surface area contributed by atoms with E-state index >= 15 is 0 Å². The third-order valence-corrected chi connectivity index (χ3v) is 5.09. The average molecular weight is 323 g/mol. The minimum Gasteiger partial charge on any atom is -0.465 e. The van der Waals surface area contributed by atoms with Crippen LogP contribution in [0.4, 0.5) is 0 Å². The normalized spacial score (nSPS) is 23.2. The number of aliphatic imine (C=N–C) groups is 1. The van der Waals surface area contributed by atoms with Crippen molar-refractivity contribution in [1.82, 2.24) is 0 Å². The molecule has 124 valence electrons. The number of esters is 1. The van der Waals surface area contributed by atoms with E-state index in [1.54, 1.807) is 12.1 Å². The molecular formula is C20H21NO3. The first-order valence-electron chi connectivity index (χ1n) is 8.06. The maximum atomic E-state index is 12.6. The lowest BCUT2D eigenvalue weighted by Crippen LogP contribution is -2.33. The van der Waals surface area contributed by atoms with E-state index in [-0.39, 0.29) is 11.8 Å². The number of nitrogens with zero attached hydrogens (tertiary/aromatic N) is 1. The second kappa shape index (κ2) is 5.86. The summed E-state index contributed by atoms with van der Waals surface area (Å²) < 4.78 is 4.72. The van der Waals surface area contributed by atoms with Crippen LogP contribution in [-0.2, 0) is 16.0 Å². The van der Waals surface area contributed by atoms with Crippen LogP contribution in [0.25, 0.3) is 0 Å². The van der Waals surface area contributed by atoms with Crippen LogP contribution in [0.5, 0.6) is 0 Å². The lowest BCUT2D eigenvalue weighted by atomic mass is 9.70. The Bertz CT molecular complexity index is 799. The summed E-state index contributed by atoms with van der Waals surface area (Å²) in [6.07, 6.45) is 2.15. The van der Waals surface area contributed by atoms with E-state index in [4.69, 9.17) is 4.74 Å². The summed E-state index contributed by atoms with van der Waals surface area (Å²) in [7, 11) is 1.37. The van der Waals surface area contributed by atoms with Gasteiger partial charge in [-0.25, -0.2) is 4.79 Å². The number of methoxy groups -OCH3 is 1. The van der Waals surface area contributed by atoms with Crippen LogP contribution < -0.4 is 0 Å². The third-order valence-electron chi connectivity index (χ3n) is 5.09. The first-order valence-corrected chi connectivity index (χ1v) is 8.06. The number of hydrogen-bond acceptors (Lipinski definition) is 4. The smallest absolute Gasteiger partial charge is 0.337 e. The van der Waals surface area contributed by atoms with Crippen LogP contribution in [0.3, 0.4) is 0 Å². The van der Waals surface area contributed by atoms with Gasteiger partial charge >= 0.3 is 5.97 Å². The van der Waals surface area contributed by atoms with Crippen LogP contribution in [0.15, 0.2) is 52.7 Å². The van der Waals surface area contributed by atoms with Gasteiger partial charge in [-0.2, -0.15) is 0 Å². The molecule has 24 heavy (non-hydrogen) atoms. The van der Waals surface area contributed by atoms with Crippen molar-refractivity contribution in [3.63, 3.8) is 0 Å². The molecule has 3 rings (SSSR count). The van der Waals surface area contributed by atoms with Crippen molar-refractivity contribution in [2.45, 2.75) is 33.1 Å². The predicted octanol–water partition coefficient (Wildman–Crippen LogP) is 3.67. The largest absolute Gasteiger partial charge is 0.465 e.